The van der Waals surface area contributed by atoms with Crippen molar-refractivity contribution in [2.45, 2.75) is 31.8 Å². The number of rotatable bonds is 5. The minimum Gasteiger partial charge on any atom is -0.423 e. The molecule has 2 aliphatic heterocycles. The van der Waals surface area contributed by atoms with Gasteiger partial charge in [0.15, 0.2) is 10.7 Å². The molecular formula is C25H26N4O3S. The van der Waals surface area contributed by atoms with Crippen LogP contribution in [0.3, 0.4) is 0 Å². The van der Waals surface area contributed by atoms with Crippen LogP contribution in [-0.4, -0.2) is 48.2 Å². The molecule has 2 aromatic carbocycles. The third-order valence-electron chi connectivity index (χ3n) is 6.59. The van der Waals surface area contributed by atoms with Crippen molar-refractivity contribution in [3.05, 3.63) is 48.5 Å². The van der Waals surface area contributed by atoms with Gasteiger partial charge in [-0.3, -0.25) is 9.69 Å². The van der Waals surface area contributed by atoms with Crippen LogP contribution < -0.4 is 9.80 Å². The third kappa shape index (κ3) is 4.09. The topological polar surface area (TPSA) is 71.7 Å². The lowest BCUT2D eigenvalue weighted by Gasteiger charge is -2.33. The number of para-hydroxylation sites is 3. The Bertz CT molecular complexity index is 1200. The van der Waals surface area contributed by atoms with Crippen LogP contribution in [0.5, 0.6) is 0 Å². The lowest BCUT2D eigenvalue weighted by atomic mass is 9.95. The monoisotopic (exact) mass is 462 g/mol. The van der Waals surface area contributed by atoms with Crippen LogP contribution in [0.4, 0.5) is 11.1 Å². The Labute approximate surface area is 196 Å². The van der Waals surface area contributed by atoms with Gasteiger partial charge in [0.2, 0.25) is 5.91 Å². The van der Waals surface area contributed by atoms with Crippen LogP contribution in [-0.2, 0) is 9.53 Å². The lowest BCUT2D eigenvalue weighted by molar-refractivity contribution is -0.123. The number of oxazole rings is 1. The molecule has 2 aromatic heterocycles. The molecular weight excluding hydrogens is 436 g/mol. The van der Waals surface area contributed by atoms with Crippen LogP contribution in [0.15, 0.2) is 52.9 Å². The molecule has 4 heterocycles. The van der Waals surface area contributed by atoms with E-state index in [0.29, 0.717) is 12.6 Å². The molecule has 0 radical (unpaired) electrons. The highest BCUT2D eigenvalue weighted by molar-refractivity contribution is 7.22. The van der Waals surface area contributed by atoms with Crippen LogP contribution in [0.1, 0.15) is 25.7 Å². The maximum atomic E-state index is 13.7. The summed E-state index contributed by atoms with van der Waals surface area (Å²) in [5, 5.41) is 0.776. The summed E-state index contributed by atoms with van der Waals surface area (Å²) >= 11 is 1.58. The van der Waals surface area contributed by atoms with Crippen molar-refractivity contribution in [2.75, 3.05) is 36.0 Å². The smallest absolute Gasteiger partial charge is 0.298 e. The van der Waals surface area contributed by atoms with Gasteiger partial charge in [-0.1, -0.05) is 35.6 Å². The van der Waals surface area contributed by atoms with Gasteiger partial charge in [0.25, 0.3) is 6.01 Å². The number of fused-ring (bicyclic) bond motifs is 2. The highest BCUT2D eigenvalue weighted by Crippen LogP contribution is 2.33. The Morgan fingerprint density at radius 1 is 1.03 bits per heavy atom. The molecule has 0 bridgehead atoms. The van der Waals surface area contributed by atoms with Crippen LogP contribution in [0.25, 0.3) is 21.3 Å². The van der Waals surface area contributed by atoms with E-state index in [4.69, 9.17) is 14.1 Å². The van der Waals surface area contributed by atoms with Gasteiger partial charge in [-0.2, -0.15) is 4.98 Å². The Kier molecular flexibility index (Phi) is 5.47. The molecule has 6 rings (SSSR count). The van der Waals surface area contributed by atoms with E-state index in [9.17, 15) is 4.79 Å². The second-order valence-corrected chi connectivity index (χ2v) is 9.78. The van der Waals surface area contributed by atoms with Crippen molar-refractivity contribution in [2.24, 2.45) is 5.92 Å². The summed E-state index contributed by atoms with van der Waals surface area (Å²) < 4.78 is 12.9. The molecule has 8 heteroatoms. The number of carbonyl (C=O) groups excluding carboxylic acids is 1. The molecule has 170 valence electrons. The number of ether oxygens (including phenoxy) is 1. The second kappa shape index (κ2) is 8.76. The maximum Gasteiger partial charge on any atom is 0.298 e. The molecule has 0 unspecified atom stereocenters. The predicted molar refractivity (Wildman–Crippen MR) is 130 cm³/mol. The highest BCUT2D eigenvalue weighted by Gasteiger charge is 2.34. The number of amides is 1. The first kappa shape index (κ1) is 20.6. The van der Waals surface area contributed by atoms with Gasteiger partial charge in [0, 0.05) is 25.6 Å². The lowest BCUT2D eigenvalue weighted by Crippen LogP contribution is -2.45. The van der Waals surface area contributed by atoms with Crippen LogP contribution >= 0.6 is 11.3 Å². The first-order chi connectivity index (χ1) is 16.2. The van der Waals surface area contributed by atoms with Crippen molar-refractivity contribution < 1.29 is 13.9 Å². The normalized spacial score (nSPS) is 19.5. The fourth-order valence-electron chi connectivity index (χ4n) is 4.76. The number of hydrogen-bond acceptors (Lipinski definition) is 7. The van der Waals surface area contributed by atoms with Gasteiger partial charge in [0.1, 0.15) is 5.52 Å². The van der Waals surface area contributed by atoms with Crippen molar-refractivity contribution in [3.8, 4) is 0 Å². The van der Waals surface area contributed by atoms with Crippen molar-refractivity contribution in [1.29, 1.82) is 0 Å². The molecule has 4 aromatic rings. The van der Waals surface area contributed by atoms with E-state index < -0.39 is 0 Å². The van der Waals surface area contributed by atoms with Crippen molar-refractivity contribution in [1.82, 2.24) is 9.97 Å². The molecule has 0 spiro atoms. The SMILES string of the molecule is O=C(C1CCN(c2nc3ccccc3o2)CC1)N(C[C@H]1CCCO1)c1nc2ccccc2s1. The van der Waals surface area contributed by atoms with Crippen LogP contribution in [0, 0.1) is 5.92 Å². The van der Waals surface area contributed by atoms with Gasteiger partial charge >= 0.3 is 0 Å². The summed E-state index contributed by atoms with van der Waals surface area (Å²) in [6, 6.07) is 16.5. The van der Waals surface area contributed by atoms with E-state index in [-0.39, 0.29) is 17.9 Å². The standard InChI is InChI=1S/C25H26N4O3S/c30-23(17-11-13-28(14-12-17)24-26-19-7-1-3-9-21(19)32-24)29(16-18-6-5-15-31-18)25-27-20-8-2-4-10-22(20)33-25/h1-4,7-10,17-18H,5-6,11-16H2/t18-/m1/s1. The van der Waals surface area contributed by atoms with E-state index in [1.54, 1.807) is 11.3 Å². The Hall–Kier alpha value is -2.97. The molecule has 2 saturated heterocycles. The van der Waals surface area contributed by atoms with Crippen molar-refractivity contribution >= 4 is 49.7 Å². The second-order valence-electron chi connectivity index (χ2n) is 8.77. The zero-order chi connectivity index (χ0) is 22.2. The molecule has 33 heavy (non-hydrogen) atoms. The Balaban J connectivity index is 1.20. The number of aromatic nitrogens is 2. The zero-order valence-electron chi connectivity index (χ0n) is 18.4. The number of hydrogen-bond donors (Lipinski definition) is 0. The zero-order valence-corrected chi connectivity index (χ0v) is 19.2. The fraction of sp³-hybridized carbons (Fsp3) is 0.400. The summed E-state index contributed by atoms with van der Waals surface area (Å²) in [5.41, 5.74) is 2.60. The number of carbonyl (C=O) groups is 1. The van der Waals surface area contributed by atoms with Gasteiger partial charge in [-0.15, -0.1) is 0 Å². The molecule has 2 fully saturated rings. The van der Waals surface area contributed by atoms with E-state index in [1.807, 2.05) is 47.4 Å². The minimum atomic E-state index is -0.0426. The predicted octanol–water partition coefficient (Wildman–Crippen LogP) is 4.87. The largest absolute Gasteiger partial charge is 0.423 e. The van der Waals surface area contributed by atoms with Gasteiger partial charge in [0.05, 0.1) is 22.9 Å². The summed E-state index contributed by atoms with van der Waals surface area (Å²) in [7, 11) is 0. The van der Waals surface area contributed by atoms with Gasteiger partial charge in [-0.25, -0.2) is 4.98 Å². The summed E-state index contributed by atoms with van der Waals surface area (Å²) in [4.78, 5) is 27.2. The number of benzene rings is 2. The average Bonchev–Trinajstić information content (AvgIpc) is 3.61. The van der Waals surface area contributed by atoms with E-state index >= 15 is 0 Å². The molecule has 2 aliphatic rings. The minimum absolute atomic E-state index is 0.0426. The van der Waals surface area contributed by atoms with Crippen molar-refractivity contribution in [3.63, 3.8) is 0 Å². The number of thiazole rings is 1. The quantitative estimate of drug-likeness (QED) is 0.422. The van der Waals surface area contributed by atoms with Gasteiger partial charge < -0.3 is 14.1 Å². The Morgan fingerprint density at radius 3 is 2.58 bits per heavy atom. The van der Waals surface area contributed by atoms with E-state index in [1.165, 1.54) is 0 Å². The molecule has 1 atom stereocenters. The Morgan fingerprint density at radius 2 is 1.82 bits per heavy atom. The first-order valence-electron chi connectivity index (χ1n) is 11.6. The number of nitrogens with zero attached hydrogens (tertiary/aromatic N) is 4. The maximum absolute atomic E-state index is 13.7. The van der Waals surface area contributed by atoms with E-state index in [0.717, 1.165) is 71.8 Å². The summed E-state index contributed by atoms with van der Waals surface area (Å²) in [5.74, 6) is 0.112. The first-order valence-corrected chi connectivity index (χ1v) is 12.5. The highest BCUT2D eigenvalue weighted by atomic mass is 32.1. The molecule has 1 amide bonds. The fourth-order valence-corrected chi connectivity index (χ4v) is 5.74. The van der Waals surface area contributed by atoms with Gasteiger partial charge in [-0.05, 0) is 49.9 Å². The molecule has 0 aliphatic carbocycles. The number of anilines is 2. The molecule has 0 saturated carbocycles. The molecule has 7 nitrogen and oxygen atoms in total. The average molecular weight is 463 g/mol. The summed E-state index contributed by atoms with van der Waals surface area (Å²) in [6.07, 6.45) is 3.66. The number of piperidine rings is 1. The molecule has 0 N–H and O–H groups in total. The third-order valence-corrected chi connectivity index (χ3v) is 7.65. The van der Waals surface area contributed by atoms with E-state index in [2.05, 4.69) is 16.0 Å². The van der Waals surface area contributed by atoms with Crippen LogP contribution in [0.2, 0.25) is 0 Å². The summed E-state index contributed by atoms with van der Waals surface area (Å²) in [6.45, 7) is 2.84.